The number of sulfonamides is 1. The fourth-order valence-corrected chi connectivity index (χ4v) is 3.94. The van der Waals surface area contributed by atoms with Crippen LogP contribution in [0.3, 0.4) is 0 Å². The average molecular weight is 356 g/mol. The van der Waals surface area contributed by atoms with Gasteiger partial charge in [-0.2, -0.15) is 0 Å². The molecule has 0 aromatic heterocycles. The Morgan fingerprint density at radius 3 is 2.71 bits per heavy atom. The van der Waals surface area contributed by atoms with E-state index >= 15 is 0 Å². The van der Waals surface area contributed by atoms with Gasteiger partial charge < -0.3 is 14.4 Å². The van der Waals surface area contributed by atoms with Crippen molar-refractivity contribution in [1.82, 2.24) is 9.62 Å². The highest BCUT2D eigenvalue weighted by Crippen LogP contribution is 2.19. The Kier molecular flexibility index (Phi) is 7.48. The first-order chi connectivity index (χ1) is 11.6. The first-order valence-electron chi connectivity index (χ1n) is 8.56. The Morgan fingerprint density at radius 2 is 2.04 bits per heavy atom. The number of likely N-dealkylation sites (N-methyl/N-ethyl adjacent to an activating group) is 1. The normalized spacial score (nSPS) is 18.2. The van der Waals surface area contributed by atoms with Crippen LogP contribution >= 0.6 is 0 Å². The summed E-state index contributed by atoms with van der Waals surface area (Å²) < 4.78 is 38.2. The monoisotopic (exact) mass is 356 g/mol. The number of rotatable bonds is 10. The van der Waals surface area contributed by atoms with Crippen molar-refractivity contribution in [2.75, 3.05) is 39.5 Å². The second kappa shape index (κ2) is 9.36. The lowest BCUT2D eigenvalue weighted by atomic mass is 10.2. The summed E-state index contributed by atoms with van der Waals surface area (Å²) in [5.41, 5.74) is 0.847. The minimum absolute atomic E-state index is 0.236. The van der Waals surface area contributed by atoms with E-state index in [0.717, 1.165) is 30.9 Å². The van der Waals surface area contributed by atoms with Crippen LogP contribution in [0.1, 0.15) is 25.8 Å². The molecule has 2 rings (SSSR count). The molecule has 1 aliphatic heterocycles. The van der Waals surface area contributed by atoms with Crippen molar-refractivity contribution in [3.63, 3.8) is 0 Å². The van der Waals surface area contributed by atoms with Crippen LogP contribution in [0, 0.1) is 0 Å². The second-order valence-corrected chi connectivity index (χ2v) is 7.88. The summed E-state index contributed by atoms with van der Waals surface area (Å²) in [5.74, 6) is 0.732. The molecular formula is C17H28N2O4S. The number of ether oxygens (including phenoxy) is 2. The van der Waals surface area contributed by atoms with E-state index in [1.54, 1.807) is 0 Å². The van der Waals surface area contributed by atoms with Crippen LogP contribution in [-0.4, -0.2) is 58.0 Å². The molecule has 1 saturated heterocycles. The Hall–Kier alpha value is -1.15. The van der Waals surface area contributed by atoms with Crippen molar-refractivity contribution in [1.29, 1.82) is 0 Å². The van der Waals surface area contributed by atoms with Crippen LogP contribution in [0.15, 0.2) is 24.3 Å². The quantitative estimate of drug-likeness (QED) is 0.690. The zero-order valence-corrected chi connectivity index (χ0v) is 15.3. The van der Waals surface area contributed by atoms with Gasteiger partial charge in [0.2, 0.25) is 10.0 Å². The van der Waals surface area contributed by atoms with E-state index in [1.807, 2.05) is 24.3 Å². The number of para-hydroxylation sites is 1. The lowest BCUT2D eigenvalue weighted by molar-refractivity contribution is 0.198. The zero-order valence-electron chi connectivity index (χ0n) is 14.5. The van der Waals surface area contributed by atoms with Gasteiger partial charge in [-0.25, -0.2) is 13.1 Å². The van der Waals surface area contributed by atoms with Crippen molar-refractivity contribution in [2.24, 2.45) is 0 Å². The van der Waals surface area contributed by atoms with Gasteiger partial charge in [0, 0.05) is 25.3 Å². The van der Waals surface area contributed by atoms with E-state index in [9.17, 15) is 8.42 Å². The molecule has 1 heterocycles. The van der Waals surface area contributed by atoms with Gasteiger partial charge in [0.15, 0.2) is 0 Å². The SMILES string of the molecule is CCN(CC)CCOc1ccccc1CNS(=O)(=O)C1CCOC1. The van der Waals surface area contributed by atoms with Gasteiger partial charge in [-0.1, -0.05) is 32.0 Å². The molecule has 1 aromatic rings. The smallest absolute Gasteiger partial charge is 0.217 e. The third kappa shape index (κ3) is 5.44. The van der Waals surface area contributed by atoms with Crippen molar-refractivity contribution in [2.45, 2.75) is 32.1 Å². The van der Waals surface area contributed by atoms with Crippen LogP contribution in [-0.2, 0) is 21.3 Å². The standard InChI is InChI=1S/C17H28N2O4S/c1-3-19(4-2)10-12-23-17-8-6-5-7-15(17)13-18-24(20,21)16-9-11-22-14-16/h5-8,16,18H,3-4,9-14H2,1-2H3. The van der Waals surface area contributed by atoms with E-state index in [-0.39, 0.29) is 13.2 Å². The molecule has 1 aromatic carbocycles. The number of hydrogen-bond acceptors (Lipinski definition) is 5. The maximum absolute atomic E-state index is 12.3. The molecule has 0 radical (unpaired) electrons. The lowest BCUT2D eigenvalue weighted by Gasteiger charge is -2.19. The third-order valence-corrected chi connectivity index (χ3v) is 6.12. The summed E-state index contributed by atoms with van der Waals surface area (Å²) in [6.45, 7) is 8.69. The van der Waals surface area contributed by atoms with E-state index in [4.69, 9.17) is 9.47 Å². The molecule has 136 valence electrons. The predicted octanol–water partition coefficient (Wildman–Crippen LogP) is 1.62. The molecule has 0 aliphatic carbocycles. The van der Waals surface area contributed by atoms with Crippen LogP contribution in [0.4, 0.5) is 0 Å². The maximum atomic E-state index is 12.3. The number of benzene rings is 1. The van der Waals surface area contributed by atoms with E-state index in [1.165, 1.54) is 0 Å². The zero-order chi connectivity index (χ0) is 17.4. The van der Waals surface area contributed by atoms with Crippen LogP contribution < -0.4 is 9.46 Å². The lowest BCUT2D eigenvalue weighted by Crippen LogP contribution is -2.34. The van der Waals surface area contributed by atoms with Crippen LogP contribution in [0.5, 0.6) is 5.75 Å². The minimum Gasteiger partial charge on any atom is -0.492 e. The Bertz CT molecular complexity index is 596. The summed E-state index contributed by atoms with van der Waals surface area (Å²) in [6.07, 6.45) is 0.553. The fraction of sp³-hybridized carbons (Fsp3) is 0.647. The molecule has 0 spiro atoms. The molecule has 1 unspecified atom stereocenters. The summed E-state index contributed by atoms with van der Waals surface area (Å²) >= 11 is 0. The molecule has 0 saturated carbocycles. The Balaban J connectivity index is 1.91. The van der Waals surface area contributed by atoms with Crippen molar-refractivity contribution in [3.8, 4) is 5.75 Å². The minimum atomic E-state index is -3.36. The Labute approximate surface area is 145 Å². The van der Waals surface area contributed by atoms with Gasteiger partial charge in [-0.3, -0.25) is 0 Å². The van der Waals surface area contributed by atoms with Crippen molar-refractivity contribution >= 4 is 10.0 Å². The van der Waals surface area contributed by atoms with Crippen LogP contribution in [0.2, 0.25) is 0 Å². The first kappa shape index (κ1) is 19.2. The summed E-state index contributed by atoms with van der Waals surface area (Å²) in [6, 6.07) is 7.56. The maximum Gasteiger partial charge on any atom is 0.217 e. The van der Waals surface area contributed by atoms with Crippen LogP contribution in [0.25, 0.3) is 0 Å². The molecular weight excluding hydrogens is 328 g/mol. The largest absolute Gasteiger partial charge is 0.492 e. The molecule has 6 nitrogen and oxygen atoms in total. The Morgan fingerprint density at radius 1 is 1.29 bits per heavy atom. The number of nitrogens with one attached hydrogen (secondary N) is 1. The van der Waals surface area contributed by atoms with Gasteiger partial charge in [0.1, 0.15) is 17.6 Å². The molecule has 1 N–H and O–H groups in total. The molecule has 24 heavy (non-hydrogen) atoms. The highest BCUT2D eigenvalue weighted by atomic mass is 32.2. The fourth-order valence-electron chi connectivity index (χ4n) is 2.67. The predicted molar refractivity (Wildman–Crippen MR) is 94.7 cm³/mol. The third-order valence-electron chi connectivity index (χ3n) is 4.32. The summed E-state index contributed by atoms with van der Waals surface area (Å²) in [5, 5.41) is -0.451. The van der Waals surface area contributed by atoms with Gasteiger partial charge in [0.25, 0.3) is 0 Å². The highest BCUT2D eigenvalue weighted by Gasteiger charge is 2.29. The number of hydrogen-bond donors (Lipinski definition) is 1. The molecule has 0 amide bonds. The summed E-state index contributed by atoms with van der Waals surface area (Å²) in [7, 11) is -3.36. The van der Waals surface area contributed by atoms with Crippen molar-refractivity contribution < 1.29 is 17.9 Å². The molecule has 1 fully saturated rings. The molecule has 0 bridgehead atoms. The van der Waals surface area contributed by atoms with Gasteiger partial charge in [-0.15, -0.1) is 0 Å². The van der Waals surface area contributed by atoms with E-state index < -0.39 is 15.3 Å². The van der Waals surface area contributed by atoms with E-state index in [0.29, 0.717) is 19.6 Å². The average Bonchev–Trinajstić information content (AvgIpc) is 3.13. The van der Waals surface area contributed by atoms with Gasteiger partial charge >= 0.3 is 0 Å². The molecule has 1 atom stereocenters. The van der Waals surface area contributed by atoms with Gasteiger partial charge in [0.05, 0.1) is 6.61 Å². The first-order valence-corrected chi connectivity index (χ1v) is 10.1. The summed E-state index contributed by atoms with van der Waals surface area (Å²) in [4.78, 5) is 2.28. The van der Waals surface area contributed by atoms with E-state index in [2.05, 4.69) is 23.5 Å². The molecule has 1 aliphatic rings. The molecule has 7 heteroatoms. The highest BCUT2D eigenvalue weighted by molar-refractivity contribution is 7.90. The second-order valence-electron chi connectivity index (χ2n) is 5.83. The number of nitrogens with zero attached hydrogens (tertiary/aromatic N) is 1. The van der Waals surface area contributed by atoms with Crippen molar-refractivity contribution in [3.05, 3.63) is 29.8 Å². The van der Waals surface area contributed by atoms with Gasteiger partial charge in [-0.05, 0) is 25.6 Å². The topological polar surface area (TPSA) is 67.9 Å².